The van der Waals surface area contributed by atoms with Gasteiger partial charge in [-0.25, -0.2) is 0 Å². The molecule has 3 rings (SSSR count). The molecule has 0 saturated carbocycles. The minimum atomic E-state index is 0.0575. The third kappa shape index (κ3) is 3.54. The Morgan fingerprint density at radius 1 is 1.36 bits per heavy atom. The van der Waals surface area contributed by atoms with Crippen LogP contribution in [-0.2, 0) is 11.2 Å². The number of carbonyl (C=O) groups is 1. The molecule has 1 saturated heterocycles. The van der Waals surface area contributed by atoms with Crippen LogP contribution in [0.15, 0.2) is 53.3 Å². The zero-order chi connectivity index (χ0) is 15.4. The van der Waals surface area contributed by atoms with Gasteiger partial charge in [-0.05, 0) is 29.3 Å². The second-order valence-electron chi connectivity index (χ2n) is 5.40. The van der Waals surface area contributed by atoms with Gasteiger partial charge in [-0.2, -0.15) is 0 Å². The van der Waals surface area contributed by atoms with Crippen molar-refractivity contribution in [3.63, 3.8) is 0 Å². The number of hydrogen-bond acceptors (Lipinski definition) is 3. The molecule has 0 aliphatic carbocycles. The fourth-order valence-corrected chi connectivity index (χ4v) is 3.24. The van der Waals surface area contributed by atoms with Gasteiger partial charge < -0.3 is 10.2 Å². The topological polar surface area (TPSA) is 45.2 Å². The SMILES string of the molecule is O=C(Cc1cccc(Br)c1)N1CCNCC1c1cccnc1. The fraction of sp³-hybridized carbons (Fsp3) is 0.294. The molecular formula is C17H18BrN3O. The van der Waals surface area contributed by atoms with Crippen LogP contribution in [0.5, 0.6) is 0 Å². The van der Waals surface area contributed by atoms with Gasteiger partial charge in [-0.15, -0.1) is 0 Å². The lowest BCUT2D eigenvalue weighted by molar-refractivity contribution is -0.133. The molecule has 0 bridgehead atoms. The summed E-state index contributed by atoms with van der Waals surface area (Å²) >= 11 is 3.45. The molecule has 1 aliphatic rings. The number of piperazine rings is 1. The average molecular weight is 360 g/mol. The lowest BCUT2D eigenvalue weighted by Gasteiger charge is -2.36. The predicted octanol–water partition coefficient (Wildman–Crippen LogP) is 2.56. The molecule has 114 valence electrons. The number of carbonyl (C=O) groups excluding carboxylic acids is 1. The van der Waals surface area contributed by atoms with Gasteiger partial charge in [0.15, 0.2) is 0 Å². The normalized spacial score (nSPS) is 18.2. The first kappa shape index (κ1) is 15.2. The molecule has 1 aliphatic heterocycles. The molecule has 1 unspecified atom stereocenters. The van der Waals surface area contributed by atoms with E-state index in [1.54, 1.807) is 6.20 Å². The van der Waals surface area contributed by atoms with Crippen LogP contribution in [0, 0.1) is 0 Å². The zero-order valence-corrected chi connectivity index (χ0v) is 13.8. The van der Waals surface area contributed by atoms with Gasteiger partial charge in [0.2, 0.25) is 5.91 Å². The van der Waals surface area contributed by atoms with Crippen LogP contribution in [0.25, 0.3) is 0 Å². The molecule has 0 spiro atoms. The van der Waals surface area contributed by atoms with Gasteiger partial charge in [0.25, 0.3) is 0 Å². The maximum absolute atomic E-state index is 12.7. The first-order valence-electron chi connectivity index (χ1n) is 7.38. The quantitative estimate of drug-likeness (QED) is 0.915. The summed E-state index contributed by atoms with van der Waals surface area (Å²) in [6.07, 6.45) is 4.03. The number of rotatable bonds is 3. The summed E-state index contributed by atoms with van der Waals surface area (Å²) in [5.41, 5.74) is 2.11. The average Bonchev–Trinajstić information content (AvgIpc) is 2.56. The van der Waals surface area contributed by atoms with Gasteiger partial charge in [0.05, 0.1) is 12.5 Å². The molecular weight excluding hydrogens is 342 g/mol. The smallest absolute Gasteiger partial charge is 0.227 e. The van der Waals surface area contributed by atoms with E-state index in [9.17, 15) is 4.79 Å². The molecule has 5 heteroatoms. The Labute approximate surface area is 138 Å². The second-order valence-corrected chi connectivity index (χ2v) is 6.32. The Bertz CT molecular complexity index is 647. The summed E-state index contributed by atoms with van der Waals surface area (Å²) in [6, 6.07) is 11.9. The van der Waals surface area contributed by atoms with Crippen LogP contribution < -0.4 is 5.32 Å². The van der Waals surface area contributed by atoms with E-state index < -0.39 is 0 Å². The van der Waals surface area contributed by atoms with Crippen LogP contribution in [0.1, 0.15) is 17.2 Å². The summed E-state index contributed by atoms with van der Waals surface area (Å²) in [7, 11) is 0. The number of hydrogen-bond donors (Lipinski definition) is 1. The zero-order valence-electron chi connectivity index (χ0n) is 12.2. The Morgan fingerprint density at radius 3 is 3.05 bits per heavy atom. The van der Waals surface area contributed by atoms with Crippen molar-refractivity contribution in [3.8, 4) is 0 Å². The van der Waals surface area contributed by atoms with E-state index in [0.717, 1.165) is 35.2 Å². The Balaban J connectivity index is 1.77. The highest BCUT2D eigenvalue weighted by Crippen LogP contribution is 2.23. The standard InChI is InChI=1S/C17H18BrN3O/c18-15-5-1-3-13(9-15)10-17(22)21-8-7-20-12-16(21)14-4-2-6-19-11-14/h1-6,9,11,16,20H,7-8,10,12H2. The number of amides is 1. The highest BCUT2D eigenvalue weighted by molar-refractivity contribution is 9.10. The monoisotopic (exact) mass is 359 g/mol. The van der Waals surface area contributed by atoms with Crippen LogP contribution in [0.4, 0.5) is 0 Å². The number of nitrogens with zero attached hydrogens (tertiary/aromatic N) is 2. The third-order valence-corrected chi connectivity index (χ3v) is 4.37. The van der Waals surface area contributed by atoms with E-state index in [2.05, 4.69) is 26.2 Å². The van der Waals surface area contributed by atoms with Gasteiger partial charge in [0, 0.05) is 36.5 Å². The lowest BCUT2D eigenvalue weighted by Crippen LogP contribution is -2.49. The third-order valence-electron chi connectivity index (χ3n) is 3.88. The van der Waals surface area contributed by atoms with Crippen molar-refractivity contribution in [2.45, 2.75) is 12.5 Å². The van der Waals surface area contributed by atoms with Gasteiger partial charge in [-0.1, -0.05) is 34.1 Å². The Morgan fingerprint density at radius 2 is 2.27 bits per heavy atom. The van der Waals surface area contributed by atoms with E-state index in [-0.39, 0.29) is 11.9 Å². The lowest BCUT2D eigenvalue weighted by atomic mass is 10.0. The first-order chi connectivity index (χ1) is 10.7. The van der Waals surface area contributed by atoms with Crippen LogP contribution in [0.2, 0.25) is 0 Å². The maximum Gasteiger partial charge on any atom is 0.227 e. The Hall–Kier alpha value is -1.72. The molecule has 4 nitrogen and oxygen atoms in total. The molecule has 1 N–H and O–H groups in total. The summed E-state index contributed by atoms with van der Waals surface area (Å²) < 4.78 is 1.00. The highest BCUT2D eigenvalue weighted by atomic mass is 79.9. The van der Waals surface area contributed by atoms with Crippen molar-refractivity contribution in [2.75, 3.05) is 19.6 Å². The molecule has 1 aromatic carbocycles. The molecule has 2 heterocycles. The van der Waals surface area contributed by atoms with Gasteiger partial charge in [-0.3, -0.25) is 9.78 Å². The van der Waals surface area contributed by atoms with Crippen molar-refractivity contribution in [3.05, 3.63) is 64.4 Å². The number of nitrogens with one attached hydrogen (secondary N) is 1. The minimum Gasteiger partial charge on any atom is -0.333 e. The molecule has 0 radical (unpaired) electrons. The van der Waals surface area contributed by atoms with Crippen molar-refractivity contribution in [2.24, 2.45) is 0 Å². The van der Waals surface area contributed by atoms with Gasteiger partial charge in [0.1, 0.15) is 0 Å². The van der Waals surface area contributed by atoms with Crippen molar-refractivity contribution >= 4 is 21.8 Å². The molecule has 1 aromatic heterocycles. The van der Waals surface area contributed by atoms with E-state index in [1.165, 1.54) is 0 Å². The van der Waals surface area contributed by atoms with E-state index in [1.807, 2.05) is 47.5 Å². The van der Waals surface area contributed by atoms with Crippen LogP contribution in [0.3, 0.4) is 0 Å². The summed E-state index contributed by atoms with van der Waals surface area (Å²) in [5.74, 6) is 0.161. The molecule has 1 fully saturated rings. The van der Waals surface area contributed by atoms with E-state index >= 15 is 0 Å². The number of benzene rings is 1. The number of pyridine rings is 1. The molecule has 22 heavy (non-hydrogen) atoms. The fourth-order valence-electron chi connectivity index (χ4n) is 2.80. The Kier molecular flexibility index (Phi) is 4.85. The summed E-state index contributed by atoms with van der Waals surface area (Å²) in [5, 5.41) is 3.36. The minimum absolute atomic E-state index is 0.0575. The summed E-state index contributed by atoms with van der Waals surface area (Å²) in [6.45, 7) is 2.34. The predicted molar refractivity (Wildman–Crippen MR) is 89.4 cm³/mol. The molecule has 1 amide bonds. The van der Waals surface area contributed by atoms with Crippen molar-refractivity contribution in [1.29, 1.82) is 0 Å². The summed E-state index contributed by atoms with van der Waals surface area (Å²) in [4.78, 5) is 18.9. The van der Waals surface area contributed by atoms with Gasteiger partial charge >= 0.3 is 0 Å². The van der Waals surface area contributed by atoms with E-state index in [4.69, 9.17) is 0 Å². The maximum atomic E-state index is 12.7. The van der Waals surface area contributed by atoms with Crippen molar-refractivity contribution in [1.82, 2.24) is 15.2 Å². The van der Waals surface area contributed by atoms with Crippen molar-refractivity contribution < 1.29 is 4.79 Å². The number of aromatic nitrogens is 1. The molecule has 2 aromatic rings. The molecule has 1 atom stereocenters. The number of halogens is 1. The van der Waals surface area contributed by atoms with Crippen LogP contribution in [-0.4, -0.2) is 35.4 Å². The van der Waals surface area contributed by atoms with E-state index in [0.29, 0.717) is 6.42 Å². The largest absolute Gasteiger partial charge is 0.333 e. The van der Waals surface area contributed by atoms with Crippen LogP contribution >= 0.6 is 15.9 Å². The highest BCUT2D eigenvalue weighted by Gasteiger charge is 2.27. The first-order valence-corrected chi connectivity index (χ1v) is 8.18. The second kappa shape index (κ2) is 7.03.